The van der Waals surface area contributed by atoms with E-state index in [0.29, 0.717) is 26.2 Å². The topological polar surface area (TPSA) is 66.7 Å². The van der Waals surface area contributed by atoms with Crippen molar-refractivity contribution in [2.75, 3.05) is 31.1 Å². The fourth-order valence-corrected chi connectivity index (χ4v) is 2.63. The van der Waals surface area contributed by atoms with E-state index in [2.05, 4.69) is 4.90 Å². The van der Waals surface area contributed by atoms with E-state index in [-0.39, 0.29) is 16.6 Å². The first-order valence-corrected chi connectivity index (χ1v) is 6.73. The van der Waals surface area contributed by atoms with E-state index in [4.69, 9.17) is 11.6 Å². The second-order valence-electron chi connectivity index (χ2n) is 4.84. The maximum atomic E-state index is 11.3. The van der Waals surface area contributed by atoms with Gasteiger partial charge in [0.15, 0.2) is 0 Å². The molecule has 0 atom stereocenters. The number of anilines is 1. The molecule has 0 spiro atoms. The lowest BCUT2D eigenvalue weighted by Crippen LogP contribution is -2.48. The van der Waals surface area contributed by atoms with Gasteiger partial charge in [-0.25, -0.2) is 0 Å². The molecule has 0 radical (unpaired) electrons. The Bertz CT molecular complexity index is 554. The lowest BCUT2D eigenvalue weighted by molar-refractivity contribution is -0.384. The van der Waals surface area contributed by atoms with Crippen LogP contribution in [0.2, 0.25) is 5.02 Å². The van der Waals surface area contributed by atoms with Crippen LogP contribution >= 0.6 is 11.6 Å². The lowest BCUT2D eigenvalue weighted by Gasteiger charge is -2.36. The van der Waals surface area contributed by atoms with Gasteiger partial charge in [0.1, 0.15) is 5.02 Å². The van der Waals surface area contributed by atoms with E-state index in [1.807, 2.05) is 6.92 Å². The van der Waals surface area contributed by atoms with E-state index in [1.54, 1.807) is 17.9 Å². The Kier molecular flexibility index (Phi) is 4.13. The third-order valence-electron chi connectivity index (χ3n) is 3.53. The number of nitro groups is 1. The summed E-state index contributed by atoms with van der Waals surface area (Å²) in [4.78, 5) is 25.5. The van der Waals surface area contributed by atoms with Crippen LogP contribution in [0, 0.1) is 17.0 Å². The van der Waals surface area contributed by atoms with Crippen LogP contribution in [0.3, 0.4) is 0 Å². The highest BCUT2D eigenvalue weighted by atomic mass is 35.5. The molecule has 1 aromatic rings. The second kappa shape index (κ2) is 5.66. The minimum Gasteiger partial charge on any atom is -0.368 e. The molecule has 1 aliphatic heterocycles. The summed E-state index contributed by atoms with van der Waals surface area (Å²) in [6.07, 6.45) is 0. The third-order valence-corrected chi connectivity index (χ3v) is 3.83. The number of hydrogen-bond donors (Lipinski definition) is 0. The van der Waals surface area contributed by atoms with E-state index in [9.17, 15) is 14.9 Å². The van der Waals surface area contributed by atoms with Gasteiger partial charge in [-0.3, -0.25) is 14.9 Å². The molecule has 1 heterocycles. The zero-order valence-corrected chi connectivity index (χ0v) is 12.2. The van der Waals surface area contributed by atoms with Crippen molar-refractivity contribution in [3.05, 3.63) is 32.8 Å². The molecule has 0 aromatic heterocycles. The van der Waals surface area contributed by atoms with Crippen LogP contribution in [0.4, 0.5) is 11.4 Å². The van der Waals surface area contributed by atoms with E-state index in [1.165, 1.54) is 6.07 Å². The summed E-state index contributed by atoms with van der Waals surface area (Å²) in [6, 6.07) is 3.13. The number of hydrogen-bond acceptors (Lipinski definition) is 4. The van der Waals surface area contributed by atoms with Gasteiger partial charge in [0.25, 0.3) is 5.69 Å². The highest BCUT2D eigenvalue weighted by Gasteiger charge is 2.22. The smallest absolute Gasteiger partial charge is 0.288 e. The van der Waals surface area contributed by atoms with Crippen LogP contribution in [0.15, 0.2) is 12.1 Å². The lowest BCUT2D eigenvalue weighted by atomic mass is 10.1. The number of halogens is 1. The SMILES string of the molecule is CC(=O)N1CCN(c2cc(Cl)c([N+](=O)[O-])cc2C)CC1. The Morgan fingerprint density at radius 2 is 1.90 bits per heavy atom. The summed E-state index contributed by atoms with van der Waals surface area (Å²) >= 11 is 5.96. The second-order valence-corrected chi connectivity index (χ2v) is 5.25. The standard InChI is InChI=1S/C13H16ClN3O3/c1-9-7-13(17(19)20)11(14)8-12(9)16-5-3-15(4-6-16)10(2)18/h7-8H,3-6H2,1-2H3. The predicted octanol–water partition coefficient (Wildman–Crippen LogP) is 2.23. The quantitative estimate of drug-likeness (QED) is 0.620. The van der Waals surface area contributed by atoms with E-state index >= 15 is 0 Å². The van der Waals surface area contributed by atoms with Gasteiger partial charge in [0.2, 0.25) is 5.91 Å². The Hall–Kier alpha value is -1.82. The molecule has 0 N–H and O–H groups in total. The number of carbonyl (C=O) groups is 1. The van der Waals surface area contributed by atoms with Gasteiger partial charge in [0, 0.05) is 44.9 Å². The van der Waals surface area contributed by atoms with Crippen LogP contribution in [0.25, 0.3) is 0 Å². The van der Waals surface area contributed by atoms with Crippen molar-refractivity contribution in [1.82, 2.24) is 4.90 Å². The number of carbonyl (C=O) groups excluding carboxylic acids is 1. The van der Waals surface area contributed by atoms with Crippen LogP contribution in [0.1, 0.15) is 12.5 Å². The molecule has 1 aromatic carbocycles. The molecule has 2 rings (SSSR count). The number of nitrogens with zero attached hydrogens (tertiary/aromatic N) is 3. The van der Waals surface area contributed by atoms with E-state index < -0.39 is 4.92 Å². The first-order chi connectivity index (χ1) is 9.40. The van der Waals surface area contributed by atoms with Gasteiger partial charge in [0.05, 0.1) is 4.92 Å². The van der Waals surface area contributed by atoms with E-state index in [0.717, 1.165) is 11.3 Å². The minimum absolute atomic E-state index is 0.0723. The van der Waals surface area contributed by atoms with Crippen LogP contribution in [0.5, 0.6) is 0 Å². The molecule has 0 saturated carbocycles. The Labute approximate surface area is 122 Å². The fraction of sp³-hybridized carbons (Fsp3) is 0.462. The largest absolute Gasteiger partial charge is 0.368 e. The molecular formula is C13H16ClN3O3. The maximum Gasteiger partial charge on any atom is 0.288 e. The summed E-state index contributed by atoms with van der Waals surface area (Å²) in [5, 5.41) is 11.0. The van der Waals surface area contributed by atoms with Crippen LogP contribution in [-0.4, -0.2) is 41.9 Å². The molecule has 108 valence electrons. The minimum atomic E-state index is -0.479. The van der Waals surface area contributed by atoms with Crippen molar-refractivity contribution in [2.24, 2.45) is 0 Å². The molecule has 20 heavy (non-hydrogen) atoms. The third kappa shape index (κ3) is 2.85. The molecule has 6 nitrogen and oxygen atoms in total. The molecule has 0 bridgehead atoms. The van der Waals surface area contributed by atoms with Crippen LogP contribution in [-0.2, 0) is 4.79 Å². The first-order valence-electron chi connectivity index (χ1n) is 6.35. The Balaban J connectivity index is 2.20. The van der Waals surface area contributed by atoms with Crippen LogP contribution < -0.4 is 4.90 Å². The average molecular weight is 298 g/mol. The molecule has 1 amide bonds. The maximum absolute atomic E-state index is 11.3. The van der Waals surface area contributed by atoms with Crippen molar-refractivity contribution in [2.45, 2.75) is 13.8 Å². The van der Waals surface area contributed by atoms with Crippen molar-refractivity contribution in [1.29, 1.82) is 0 Å². The van der Waals surface area contributed by atoms with Crippen molar-refractivity contribution in [3.8, 4) is 0 Å². The van der Waals surface area contributed by atoms with Crippen molar-refractivity contribution in [3.63, 3.8) is 0 Å². The number of nitro benzene ring substituents is 1. The highest BCUT2D eigenvalue weighted by molar-refractivity contribution is 6.33. The molecule has 1 aliphatic rings. The Morgan fingerprint density at radius 1 is 1.30 bits per heavy atom. The Morgan fingerprint density at radius 3 is 2.40 bits per heavy atom. The van der Waals surface area contributed by atoms with Gasteiger partial charge in [-0.2, -0.15) is 0 Å². The zero-order valence-electron chi connectivity index (χ0n) is 11.4. The van der Waals surface area contributed by atoms with Gasteiger partial charge < -0.3 is 9.80 Å². The molecule has 0 aliphatic carbocycles. The van der Waals surface area contributed by atoms with Crippen molar-refractivity contribution < 1.29 is 9.72 Å². The normalized spacial score (nSPS) is 15.3. The van der Waals surface area contributed by atoms with Crippen molar-refractivity contribution >= 4 is 28.9 Å². The number of benzene rings is 1. The molecule has 7 heteroatoms. The summed E-state index contributed by atoms with van der Waals surface area (Å²) in [6.45, 7) is 6.11. The monoisotopic (exact) mass is 297 g/mol. The molecule has 0 unspecified atom stereocenters. The summed E-state index contributed by atoms with van der Waals surface area (Å²) in [7, 11) is 0. The highest BCUT2D eigenvalue weighted by Crippen LogP contribution is 2.32. The van der Waals surface area contributed by atoms with Gasteiger partial charge in [-0.15, -0.1) is 0 Å². The number of piperazine rings is 1. The molecular weight excluding hydrogens is 282 g/mol. The predicted molar refractivity (Wildman–Crippen MR) is 77.3 cm³/mol. The van der Waals surface area contributed by atoms with Gasteiger partial charge in [-0.1, -0.05) is 11.6 Å². The zero-order chi connectivity index (χ0) is 14.9. The fourth-order valence-electron chi connectivity index (χ4n) is 2.40. The molecule has 1 saturated heterocycles. The summed E-state index contributed by atoms with van der Waals surface area (Å²) in [5.41, 5.74) is 1.64. The number of aryl methyl sites for hydroxylation is 1. The number of amides is 1. The average Bonchev–Trinajstić information content (AvgIpc) is 2.40. The van der Waals surface area contributed by atoms with Gasteiger partial charge >= 0.3 is 0 Å². The van der Waals surface area contributed by atoms with Gasteiger partial charge in [-0.05, 0) is 18.6 Å². The summed E-state index contributed by atoms with van der Waals surface area (Å²) in [5.74, 6) is 0.0723. The summed E-state index contributed by atoms with van der Waals surface area (Å²) < 4.78 is 0. The first kappa shape index (κ1) is 14.6. The molecule has 1 fully saturated rings. The number of rotatable bonds is 2.